The van der Waals surface area contributed by atoms with E-state index in [1.165, 1.54) is 14.0 Å². The summed E-state index contributed by atoms with van der Waals surface area (Å²) in [7, 11) is 5.35. The molecular weight excluding hydrogens is 650 g/mol. The molecule has 290 valence electrons. The third kappa shape index (κ3) is 7.93. The summed E-state index contributed by atoms with van der Waals surface area (Å²) in [6, 6.07) is -0.223. The minimum atomic E-state index is -1.82. The van der Waals surface area contributed by atoms with E-state index < -0.39 is 95.8 Å². The van der Waals surface area contributed by atoms with Crippen LogP contribution in [0, 0.1) is 17.8 Å². The number of rotatable bonds is 9. The van der Waals surface area contributed by atoms with Crippen LogP contribution in [-0.2, 0) is 38.0 Å². The van der Waals surface area contributed by atoms with E-state index in [-0.39, 0.29) is 25.0 Å². The molecule has 4 heterocycles. The van der Waals surface area contributed by atoms with Crippen molar-refractivity contribution in [2.24, 2.45) is 17.8 Å². The van der Waals surface area contributed by atoms with Gasteiger partial charge >= 0.3 is 5.97 Å². The van der Waals surface area contributed by atoms with Crippen LogP contribution in [0.2, 0.25) is 0 Å². The van der Waals surface area contributed by atoms with E-state index in [9.17, 15) is 25.2 Å². The second kappa shape index (κ2) is 15.5. The van der Waals surface area contributed by atoms with Gasteiger partial charge in [0.25, 0.3) is 0 Å². The summed E-state index contributed by atoms with van der Waals surface area (Å²) in [5, 5.41) is 45.2. The van der Waals surface area contributed by atoms with Gasteiger partial charge in [-0.25, -0.2) is 0 Å². The van der Waals surface area contributed by atoms with Crippen LogP contribution in [-0.4, -0.2) is 137 Å². The quantitative estimate of drug-likeness (QED) is 0.258. The largest absolute Gasteiger partial charge is 0.488 e. The Bertz CT molecular complexity index is 1210. The average Bonchev–Trinajstić information content (AvgIpc) is 3.36. The zero-order valence-electron chi connectivity index (χ0n) is 32.4. The molecule has 3 saturated heterocycles. The lowest BCUT2D eigenvalue weighted by Crippen LogP contribution is -2.60. The molecule has 3 fully saturated rings. The van der Waals surface area contributed by atoms with Crippen LogP contribution in [0.5, 0.6) is 0 Å². The Hall–Kier alpha value is -1.39. The normalized spacial score (nSPS) is 46.5. The predicted molar refractivity (Wildman–Crippen MR) is 184 cm³/mol. The monoisotopic (exact) mass is 715 g/mol. The summed E-state index contributed by atoms with van der Waals surface area (Å²) >= 11 is 0. The molecule has 50 heavy (non-hydrogen) atoms. The molecule has 2 bridgehead atoms. The number of ether oxygens (including phenoxy) is 7. The van der Waals surface area contributed by atoms with Crippen molar-refractivity contribution in [1.29, 1.82) is 0 Å². The van der Waals surface area contributed by atoms with Crippen LogP contribution in [0.25, 0.3) is 0 Å². The number of hydrogen-bond donors (Lipinski definition) is 4. The third-order valence-corrected chi connectivity index (χ3v) is 11.9. The topological polar surface area (TPSA) is 166 Å². The first-order chi connectivity index (χ1) is 23.1. The molecule has 0 spiro atoms. The molecule has 4 aliphatic heterocycles. The smallest absolute Gasteiger partial charge is 0.311 e. The number of methoxy groups -OCH3 is 1. The molecule has 13 heteroatoms. The lowest BCUT2D eigenvalue weighted by molar-refractivity contribution is -0.316. The minimum absolute atomic E-state index is 0.174. The highest BCUT2D eigenvalue weighted by molar-refractivity contribution is 5.73. The van der Waals surface area contributed by atoms with Crippen LogP contribution >= 0.6 is 0 Å². The highest BCUT2D eigenvalue weighted by Crippen LogP contribution is 2.48. The second-order valence-electron chi connectivity index (χ2n) is 16.3. The zero-order chi connectivity index (χ0) is 37.7. The molecule has 17 atom stereocenters. The van der Waals surface area contributed by atoms with E-state index in [1.807, 2.05) is 53.6 Å². The number of carbonyl (C=O) groups is 1. The molecule has 0 radical (unpaired) electrons. The van der Waals surface area contributed by atoms with E-state index >= 15 is 0 Å². The van der Waals surface area contributed by atoms with Crippen LogP contribution < -0.4 is 0 Å². The molecule has 0 saturated carbocycles. The third-order valence-electron chi connectivity index (χ3n) is 11.9. The van der Waals surface area contributed by atoms with Gasteiger partial charge in [0.1, 0.15) is 41.4 Å². The Labute approximate surface area is 298 Å². The van der Waals surface area contributed by atoms with Crippen molar-refractivity contribution in [2.75, 3.05) is 21.2 Å². The van der Waals surface area contributed by atoms with Crippen LogP contribution in [0.4, 0.5) is 0 Å². The van der Waals surface area contributed by atoms with Gasteiger partial charge in [0.2, 0.25) is 0 Å². The minimum Gasteiger partial charge on any atom is -0.488 e. The number of aliphatic hydroxyl groups excluding tert-OH is 3. The Morgan fingerprint density at radius 1 is 1.06 bits per heavy atom. The lowest BCUT2D eigenvalue weighted by atomic mass is 9.78. The van der Waals surface area contributed by atoms with Crippen molar-refractivity contribution in [1.82, 2.24) is 4.90 Å². The summed E-state index contributed by atoms with van der Waals surface area (Å²) in [5.74, 6) is -2.26. The maximum absolute atomic E-state index is 14.3. The summed E-state index contributed by atoms with van der Waals surface area (Å²) in [4.78, 5) is 16.2. The molecule has 1 unspecified atom stereocenters. The highest BCUT2D eigenvalue weighted by atomic mass is 16.7. The van der Waals surface area contributed by atoms with Crippen molar-refractivity contribution < 1.29 is 58.4 Å². The standard InChI is InChI=1S/C37H65NO12/c1-14-25(39)37(10,43)32-20(4)28-18(2)16-36(9,50-28)31(49-34-27(40)24(38(11)12)15-19(3)45-34)21(5)29(22(6)33(42)48-32)47-26-17-35(8,44-13)30(41)23(7)46-26/h19-27,29-32,34,39-41,43H,14-17H2,1-13H3/t19-,20+,21+,22-,23+,24+,25-,26+,27-,29+,30+,31-,32?,34+,35-,36-,37-/m1/s1. The molecule has 0 aromatic rings. The van der Waals surface area contributed by atoms with E-state index in [4.69, 9.17) is 33.2 Å². The molecule has 0 aromatic carbocycles. The van der Waals surface area contributed by atoms with E-state index in [1.54, 1.807) is 27.7 Å². The summed E-state index contributed by atoms with van der Waals surface area (Å²) < 4.78 is 44.8. The summed E-state index contributed by atoms with van der Waals surface area (Å²) in [6.07, 6.45) is -7.24. The number of likely N-dealkylation sites (N-methyl/N-ethyl adjacent to an activating group) is 1. The van der Waals surface area contributed by atoms with Crippen LogP contribution in [0.3, 0.4) is 0 Å². The first-order valence-electron chi connectivity index (χ1n) is 18.3. The predicted octanol–water partition coefficient (Wildman–Crippen LogP) is 2.89. The molecule has 0 aliphatic carbocycles. The number of nitrogens with zero attached hydrogens (tertiary/aromatic N) is 1. The molecule has 0 aromatic heterocycles. The number of hydrogen-bond acceptors (Lipinski definition) is 13. The number of esters is 1. The fourth-order valence-electron chi connectivity index (χ4n) is 8.73. The number of fused-ring (bicyclic) bond motifs is 2. The first-order valence-corrected chi connectivity index (χ1v) is 18.3. The van der Waals surface area contributed by atoms with E-state index in [0.717, 1.165) is 5.57 Å². The molecule has 4 rings (SSSR count). The van der Waals surface area contributed by atoms with Crippen molar-refractivity contribution in [3.05, 3.63) is 11.3 Å². The van der Waals surface area contributed by atoms with Crippen molar-refractivity contribution in [3.8, 4) is 0 Å². The van der Waals surface area contributed by atoms with Gasteiger partial charge in [-0.3, -0.25) is 4.79 Å². The van der Waals surface area contributed by atoms with Crippen LogP contribution in [0.1, 0.15) is 94.9 Å². The van der Waals surface area contributed by atoms with Gasteiger partial charge in [0.15, 0.2) is 12.6 Å². The van der Waals surface area contributed by atoms with Gasteiger partial charge in [-0.15, -0.1) is 0 Å². The van der Waals surface area contributed by atoms with Crippen molar-refractivity contribution in [3.63, 3.8) is 0 Å². The highest BCUT2D eigenvalue weighted by Gasteiger charge is 2.57. The van der Waals surface area contributed by atoms with Gasteiger partial charge in [0, 0.05) is 31.9 Å². The summed E-state index contributed by atoms with van der Waals surface area (Å²) in [6.45, 7) is 18.0. The van der Waals surface area contributed by atoms with E-state index in [0.29, 0.717) is 18.6 Å². The lowest BCUT2D eigenvalue weighted by Gasteiger charge is -2.48. The van der Waals surface area contributed by atoms with Gasteiger partial charge < -0.3 is 58.5 Å². The molecule has 4 aliphatic rings. The molecular formula is C37H65NO12. The van der Waals surface area contributed by atoms with Crippen molar-refractivity contribution in [2.45, 2.75) is 179 Å². The van der Waals surface area contributed by atoms with Gasteiger partial charge in [0.05, 0.1) is 41.9 Å². The molecule has 0 amide bonds. The van der Waals surface area contributed by atoms with Gasteiger partial charge in [-0.2, -0.15) is 0 Å². The fraction of sp³-hybridized carbons (Fsp3) is 0.919. The summed E-state index contributed by atoms with van der Waals surface area (Å²) in [5.41, 5.74) is -2.95. The maximum Gasteiger partial charge on any atom is 0.311 e. The Balaban J connectivity index is 1.83. The molecule has 4 N–H and O–H groups in total. The number of aliphatic hydroxyl groups is 4. The van der Waals surface area contributed by atoms with E-state index in [2.05, 4.69) is 0 Å². The van der Waals surface area contributed by atoms with Gasteiger partial charge in [-0.05, 0) is 81.0 Å². The number of carbonyl (C=O) groups excluding carboxylic acids is 1. The Morgan fingerprint density at radius 2 is 1.70 bits per heavy atom. The Morgan fingerprint density at radius 3 is 2.28 bits per heavy atom. The van der Waals surface area contributed by atoms with Crippen molar-refractivity contribution >= 4 is 5.97 Å². The van der Waals surface area contributed by atoms with Crippen LogP contribution in [0.15, 0.2) is 11.3 Å². The van der Waals surface area contributed by atoms with Gasteiger partial charge in [-0.1, -0.05) is 20.8 Å². The number of cyclic esters (lactones) is 1. The fourth-order valence-corrected chi connectivity index (χ4v) is 8.73. The zero-order valence-corrected chi connectivity index (χ0v) is 32.4. The average molecular weight is 716 g/mol. The SMILES string of the molecule is CC[C@@H](O)[C@@](C)(O)C1OC(=O)[C@H](C)[C@@H](O[C@H]2C[C@@](C)(OC)[C@@H](O)[C@H](C)O2)[C@H](C)[C@@H](O[C@@H]2O[C@H](C)C[C@H](N(C)C)[C@H]2O)[C@@]2(C)CC(C)=C(O2)[C@@H]1C. The Kier molecular flexibility index (Phi) is 12.8. The molecule has 13 nitrogen and oxygen atoms in total. The first kappa shape index (κ1) is 41.4. The second-order valence-corrected chi connectivity index (χ2v) is 16.3. The maximum atomic E-state index is 14.3.